The van der Waals surface area contributed by atoms with E-state index in [0.29, 0.717) is 0 Å². The lowest BCUT2D eigenvalue weighted by Crippen LogP contribution is -2.31. The lowest BCUT2D eigenvalue weighted by molar-refractivity contribution is 0.783. The van der Waals surface area contributed by atoms with E-state index in [1.54, 1.807) is 0 Å². The van der Waals surface area contributed by atoms with Gasteiger partial charge in [-0.2, -0.15) is 0 Å². The molecule has 0 saturated heterocycles. The highest BCUT2D eigenvalue weighted by atomic mass is 28.3. The summed E-state index contributed by atoms with van der Waals surface area (Å²) in [6.07, 6.45) is 13.6. The lowest BCUT2D eigenvalue weighted by atomic mass is 10.0. The topological polar surface area (TPSA) is 25.8 Å². The fourth-order valence-electron chi connectivity index (χ4n) is 4.32. The van der Waals surface area contributed by atoms with E-state index in [1.807, 2.05) is 18.5 Å². The van der Waals surface area contributed by atoms with Gasteiger partial charge in [0.05, 0.1) is 19.1 Å². The van der Waals surface area contributed by atoms with E-state index in [1.165, 1.54) is 29.8 Å². The van der Waals surface area contributed by atoms with Gasteiger partial charge in [-0.25, -0.2) is 0 Å². The van der Waals surface area contributed by atoms with Crippen LogP contribution in [0, 0.1) is 0 Å². The first-order valence-corrected chi connectivity index (χ1v) is 13.0. The number of allylic oxidation sites excluding steroid dienone is 3. The number of aryl methyl sites for hydroxylation is 1. The molecule has 0 amide bonds. The molecule has 0 bridgehead atoms. The van der Waals surface area contributed by atoms with Crippen LogP contribution in [0.15, 0.2) is 80.7 Å². The van der Waals surface area contributed by atoms with Gasteiger partial charge in [0.1, 0.15) is 0 Å². The number of fused-ring (bicyclic) bond motifs is 3. The number of aromatic nitrogens is 2. The van der Waals surface area contributed by atoms with Crippen LogP contribution in [0.1, 0.15) is 18.4 Å². The maximum Gasteiger partial charge on any atom is 0.0967 e. The molecule has 0 aliphatic rings. The van der Waals surface area contributed by atoms with Crippen LogP contribution in [0.5, 0.6) is 0 Å². The van der Waals surface area contributed by atoms with Crippen LogP contribution in [-0.4, -0.2) is 18.0 Å². The molecule has 0 atom stereocenters. The summed E-state index contributed by atoms with van der Waals surface area (Å²) >= 11 is 0. The Labute approximate surface area is 169 Å². The molecule has 0 N–H and O–H groups in total. The van der Waals surface area contributed by atoms with Crippen LogP contribution >= 0.6 is 0 Å². The Balaban J connectivity index is 1.73. The standard InChI is InChI=1S/C25H30N2Si/c1-4-17-28(18-5-2,19-6-3)20-8-7-10-21-14-16-27-25-23(21)13-12-22-11-9-15-26-24(22)25/h4-6,9,11-16H,1-3,7-8,10,17-20H2. The zero-order chi connectivity index (χ0) is 19.8. The van der Waals surface area contributed by atoms with Crippen molar-refractivity contribution in [3.8, 4) is 0 Å². The molecule has 2 aromatic heterocycles. The number of hydrogen-bond donors (Lipinski definition) is 0. The minimum atomic E-state index is -1.40. The second kappa shape index (κ2) is 9.61. The molecular weight excluding hydrogens is 356 g/mol. The first-order valence-electron chi connectivity index (χ1n) is 10.2. The maximum absolute atomic E-state index is 4.62. The number of rotatable bonds is 11. The van der Waals surface area contributed by atoms with Gasteiger partial charge >= 0.3 is 0 Å². The monoisotopic (exact) mass is 386 g/mol. The Morgan fingerprint density at radius 2 is 1.50 bits per heavy atom. The summed E-state index contributed by atoms with van der Waals surface area (Å²) < 4.78 is 0. The summed E-state index contributed by atoms with van der Waals surface area (Å²) in [5, 5.41) is 2.38. The van der Waals surface area contributed by atoms with Crippen molar-refractivity contribution in [3.05, 3.63) is 86.3 Å². The number of nitrogens with zero attached hydrogens (tertiary/aromatic N) is 2. The van der Waals surface area contributed by atoms with Gasteiger partial charge in [0.25, 0.3) is 0 Å². The van der Waals surface area contributed by atoms with E-state index in [0.717, 1.165) is 41.0 Å². The number of unbranched alkanes of at least 4 members (excludes halogenated alkanes) is 1. The van der Waals surface area contributed by atoms with E-state index in [-0.39, 0.29) is 0 Å². The third-order valence-electron chi connectivity index (χ3n) is 5.71. The van der Waals surface area contributed by atoms with Gasteiger partial charge in [-0.15, -0.1) is 19.7 Å². The van der Waals surface area contributed by atoms with Gasteiger partial charge in [-0.3, -0.25) is 9.97 Å². The van der Waals surface area contributed by atoms with Crippen molar-refractivity contribution < 1.29 is 0 Å². The van der Waals surface area contributed by atoms with E-state index in [9.17, 15) is 0 Å². The van der Waals surface area contributed by atoms with Crippen molar-refractivity contribution >= 4 is 29.9 Å². The zero-order valence-electron chi connectivity index (χ0n) is 16.7. The molecule has 3 aromatic rings. The van der Waals surface area contributed by atoms with Crippen LogP contribution in [0.25, 0.3) is 21.8 Å². The van der Waals surface area contributed by atoms with Crippen LogP contribution in [0.2, 0.25) is 24.2 Å². The minimum absolute atomic E-state index is 0.997. The molecule has 2 heterocycles. The Hall–Kier alpha value is -2.52. The Bertz CT molecular complexity index is 950. The van der Waals surface area contributed by atoms with Gasteiger partial charge in [-0.05, 0) is 48.7 Å². The summed E-state index contributed by atoms with van der Waals surface area (Å²) in [4.78, 5) is 9.18. The van der Waals surface area contributed by atoms with Crippen LogP contribution in [0.4, 0.5) is 0 Å². The SMILES string of the molecule is C=CC[Si](CC=C)(CC=C)CCCCc1ccnc2c1ccc1cccnc12. The van der Waals surface area contributed by atoms with Crippen molar-refractivity contribution in [1.29, 1.82) is 0 Å². The molecular formula is C25H30N2Si. The normalized spacial score (nSPS) is 11.6. The predicted molar refractivity (Wildman–Crippen MR) is 126 cm³/mol. The maximum atomic E-state index is 4.62. The second-order valence-electron chi connectivity index (χ2n) is 7.69. The summed E-state index contributed by atoms with van der Waals surface area (Å²) in [6, 6.07) is 15.4. The summed E-state index contributed by atoms with van der Waals surface area (Å²) in [5.41, 5.74) is 3.39. The van der Waals surface area contributed by atoms with E-state index < -0.39 is 8.07 Å². The van der Waals surface area contributed by atoms with E-state index in [4.69, 9.17) is 0 Å². The number of hydrogen-bond acceptors (Lipinski definition) is 2. The molecule has 0 aliphatic heterocycles. The lowest BCUT2D eigenvalue weighted by Gasteiger charge is -2.28. The van der Waals surface area contributed by atoms with Crippen molar-refractivity contribution in [1.82, 2.24) is 9.97 Å². The Morgan fingerprint density at radius 3 is 2.21 bits per heavy atom. The van der Waals surface area contributed by atoms with Gasteiger partial charge in [-0.1, -0.05) is 48.9 Å². The average Bonchev–Trinajstić information content (AvgIpc) is 2.72. The van der Waals surface area contributed by atoms with E-state index in [2.05, 4.69) is 72.2 Å². The third-order valence-corrected chi connectivity index (χ3v) is 10.6. The van der Waals surface area contributed by atoms with E-state index >= 15 is 0 Å². The molecule has 1 aromatic carbocycles. The molecule has 0 unspecified atom stereocenters. The molecule has 2 nitrogen and oxygen atoms in total. The van der Waals surface area contributed by atoms with Gasteiger partial charge < -0.3 is 0 Å². The minimum Gasteiger partial charge on any atom is -0.254 e. The second-order valence-corrected chi connectivity index (χ2v) is 12.4. The molecule has 0 spiro atoms. The van der Waals surface area contributed by atoms with Crippen LogP contribution in [0.3, 0.4) is 0 Å². The van der Waals surface area contributed by atoms with Crippen LogP contribution < -0.4 is 0 Å². The first kappa shape index (κ1) is 20.2. The third kappa shape index (κ3) is 4.48. The molecule has 0 radical (unpaired) electrons. The smallest absolute Gasteiger partial charge is 0.0967 e. The predicted octanol–water partition coefficient (Wildman–Crippen LogP) is 7.11. The number of pyridine rings is 2. The summed E-state index contributed by atoms with van der Waals surface area (Å²) in [6.45, 7) is 12.0. The van der Waals surface area contributed by atoms with Crippen molar-refractivity contribution in [2.75, 3.05) is 0 Å². The highest BCUT2D eigenvalue weighted by Gasteiger charge is 2.27. The number of benzene rings is 1. The Kier molecular flexibility index (Phi) is 6.94. The van der Waals surface area contributed by atoms with Crippen molar-refractivity contribution in [2.45, 2.75) is 43.4 Å². The van der Waals surface area contributed by atoms with Crippen molar-refractivity contribution in [3.63, 3.8) is 0 Å². The Morgan fingerprint density at radius 1 is 0.786 bits per heavy atom. The fourth-order valence-corrected chi connectivity index (χ4v) is 8.27. The quantitative estimate of drug-likeness (QED) is 0.152. The molecule has 0 aliphatic carbocycles. The van der Waals surface area contributed by atoms with Gasteiger partial charge in [0.2, 0.25) is 0 Å². The summed E-state index contributed by atoms with van der Waals surface area (Å²) in [7, 11) is -1.40. The molecule has 3 heteroatoms. The zero-order valence-corrected chi connectivity index (χ0v) is 17.7. The molecule has 28 heavy (non-hydrogen) atoms. The highest BCUT2D eigenvalue weighted by molar-refractivity contribution is 6.81. The largest absolute Gasteiger partial charge is 0.254 e. The van der Waals surface area contributed by atoms with Crippen molar-refractivity contribution in [2.24, 2.45) is 0 Å². The average molecular weight is 387 g/mol. The summed E-state index contributed by atoms with van der Waals surface area (Å²) in [5.74, 6) is 0. The molecule has 0 saturated carbocycles. The van der Waals surface area contributed by atoms with Crippen LogP contribution in [-0.2, 0) is 6.42 Å². The van der Waals surface area contributed by atoms with Gasteiger partial charge in [0.15, 0.2) is 0 Å². The molecule has 144 valence electrons. The fraction of sp³-hybridized carbons (Fsp3) is 0.280. The molecule has 0 fully saturated rings. The van der Waals surface area contributed by atoms with Gasteiger partial charge in [0, 0.05) is 23.2 Å². The first-order chi connectivity index (χ1) is 13.7. The highest BCUT2D eigenvalue weighted by Crippen LogP contribution is 2.30. The molecule has 3 rings (SSSR count).